The van der Waals surface area contributed by atoms with Crippen LogP contribution in [0.1, 0.15) is 79.3 Å². The van der Waals surface area contributed by atoms with E-state index in [0.717, 1.165) is 52.8 Å². The number of allylic oxidation sites excluding steroid dienone is 6. The summed E-state index contributed by atoms with van der Waals surface area (Å²) < 4.78 is 7.04. The van der Waals surface area contributed by atoms with Crippen LogP contribution in [0.15, 0.2) is 204 Å². The van der Waals surface area contributed by atoms with Gasteiger partial charge in [0.05, 0.1) is 23.5 Å². The third-order valence-corrected chi connectivity index (χ3v) is 14.8. The molecule has 8 aromatic rings. The molecule has 4 unspecified atom stereocenters. The van der Waals surface area contributed by atoms with E-state index in [9.17, 15) is 0 Å². The van der Waals surface area contributed by atoms with Crippen molar-refractivity contribution >= 4 is 49.7 Å². The Kier molecular flexibility index (Phi) is 9.05. The monoisotopic (exact) mass is 828 g/mol. The summed E-state index contributed by atoms with van der Waals surface area (Å²) in [5, 5.41) is 12.6. The summed E-state index contributed by atoms with van der Waals surface area (Å²) in [6.45, 7) is 7.25. The molecule has 3 aliphatic carbocycles. The maximum atomic E-state index is 7.04. The molecule has 312 valence electrons. The first-order chi connectivity index (χ1) is 31.3. The summed E-state index contributed by atoms with van der Waals surface area (Å²) in [6.07, 6.45) is 16.8. The molecule has 0 spiro atoms. The molecule has 0 amide bonds. The molecule has 3 nitrogen and oxygen atoms in total. The zero-order valence-electron chi connectivity index (χ0n) is 36.7. The largest absolute Gasteiger partial charge is 0.456 e. The van der Waals surface area contributed by atoms with E-state index in [2.05, 4.69) is 226 Å². The summed E-state index contributed by atoms with van der Waals surface area (Å²) in [5.74, 6) is 0.123. The highest BCUT2D eigenvalue weighted by Gasteiger charge is 2.41. The van der Waals surface area contributed by atoms with E-state index >= 15 is 0 Å². The second-order valence-electron chi connectivity index (χ2n) is 19.2. The summed E-state index contributed by atoms with van der Waals surface area (Å²) in [4.78, 5) is 0. The van der Waals surface area contributed by atoms with E-state index in [1.807, 2.05) is 0 Å². The first-order valence-corrected chi connectivity index (χ1v) is 23.1. The van der Waals surface area contributed by atoms with Crippen LogP contribution in [0.2, 0.25) is 0 Å². The Morgan fingerprint density at radius 3 is 2.09 bits per heavy atom. The highest BCUT2D eigenvalue weighted by molar-refractivity contribution is 6.13. The number of nitrogens with one attached hydrogen (secondary N) is 2. The Bertz CT molecular complexity index is 3300. The zero-order valence-corrected chi connectivity index (χ0v) is 36.7. The molecule has 4 aliphatic rings. The quantitative estimate of drug-likeness (QED) is 0.160. The number of benzene rings is 7. The maximum Gasteiger partial charge on any atom is 0.139 e. The molecular weight excluding hydrogens is 777 g/mol. The first kappa shape index (κ1) is 38.6. The van der Waals surface area contributed by atoms with Gasteiger partial charge in [-0.05, 0) is 91.6 Å². The average Bonchev–Trinajstić information content (AvgIpc) is 3.83. The standard InChI is InChI=1S/C61H52N2O/c1-60(2)51-21-11-9-19-47(51)50-38-61(3,36-34-52(50)60)35-33-45(44-30-25-39-15-7-8-18-43(39)37-44)48-32-31-46(56-49-20-10-14-24-55(49)64-59(48)56)40-26-28-42(29-27-40)58-57(41-16-5-4-6-17-41)62-53-22-12-13-23-54(53)63-58/h4-32,34,36-37,45,53-54,62-63H,33,35,38H2,1-3H3. The van der Waals surface area contributed by atoms with Gasteiger partial charge in [-0.15, -0.1) is 0 Å². The van der Waals surface area contributed by atoms with Gasteiger partial charge in [-0.1, -0.05) is 209 Å². The molecular formula is C61H52N2O. The van der Waals surface area contributed by atoms with Crippen molar-refractivity contribution in [2.24, 2.45) is 5.41 Å². The molecule has 12 rings (SSSR count). The molecule has 3 heteroatoms. The molecule has 2 N–H and O–H groups in total. The summed E-state index contributed by atoms with van der Waals surface area (Å²) >= 11 is 0. The first-order valence-electron chi connectivity index (χ1n) is 23.1. The van der Waals surface area contributed by atoms with Gasteiger partial charge in [-0.2, -0.15) is 0 Å². The van der Waals surface area contributed by atoms with Crippen LogP contribution in [-0.4, -0.2) is 12.1 Å². The van der Waals surface area contributed by atoms with Gasteiger partial charge in [0.1, 0.15) is 11.2 Å². The van der Waals surface area contributed by atoms with E-state index in [1.165, 1.54) is 66.2 Å². The van der Waals surface area contributed by atoms with E-state index in [1.54, 1.807) is 0 Å². The van der Waals surface area contributed by atoms with Crippen molar-refractivity contribution < 1.29 is 4.42 Å². The van der Waals surface area contributed by atoms with Crippen molar-refractivity contribution in [2.45, 2.75) is 63.5 Å². The Labute approximate surface area is 376 Å². The van der Waals surface area contributed by atoms with Crippen LogP contribution in [-0.2, 0) is 5.41 Å². The fraction of sp³-hybridized carbons (Fsp3) is 0.180. The van der Waals surface area contributed by atoms with Gasteiger partial charge in [0.25, 0.3) is 0 Å². The fourth-order valence-corrected chi connectivity index (χ4v) is 11.4. The van der Waals surface area contributed by atoms with Gasteiger partial charge in [-0.25, -0.2) is 0 Å². The van der Waals surface area contributed by atoms with E-state index < -0.39 is 0 Å². The lowest BCUT2D eigenvalue weighted by atomic mass is 9.70. The van der Waals surface area contributed by atoms with Crippen molar-refractivity contribution in [2.75, 3.05) is 0 Å². The van der Waals surface area contributed by atoms with E-state index in [4.69, 9.17) is 4.42 Å². The summed E-state index contributed by atoms with van der Waals surface area (Å²) in [6, 6.07) is 58.4. The van der Waals surface area contributed by atoms with Crippen LogP contribution in [0.4, 0.5) is 0 Å². The van der Waals surface area contributed by atoms with Crippen LogP contribution in [0.5, 0.6) is 0 Å². The van der Waals surface area contributed by atoms with Crippen LogP contribution < -0.4 is 10.6 Å². The van der Waals surface area contributed by atoms with Crippen LogP contribution in [0.3, 0.4) is 0 Å². The Morgan fingerprint density at radius 1 is 0.625 bits per heavy atom. The Balaban J connectivity index is 0.946. The van der Waals surface area contributed by atoms with Crippen molar-refractivity contribution in [3.63, 3.8) is 0 Å². The van der Waals surface area contributed by atoms with Gasteiger partial charge in [-0.3, -0.25) is 0 Å². The third kappa shape index (κ3) is 6.40. The van der Waals surface area contributed by atoms with Crippen LogP contribution >= 0.6 is 0 Å². The Morgan fingerprint density at radius 2 is 1.30 bits per heavy atom. The van der Waals surface area contributed by atoms with Gasteiger partial charge in [0.15, 0.2) is 0 Å². The van der Waals surface area contributed by atoms with Crippen LogP contribution in [0, 0.1) is 5.41 Å². The normalized spacial score (nSPS) is 21.2. The molecule has 0 saturated heterocycles. The second kappa shape index (κ2) is 15.0. The topological polar surface area (TPSA) is 37.2 Å². The molecule has 0 radical (unpaired) electrons. The fourth-order valence-electron chi connectivity index (χ4n) is 11.4. The van der Waals surface area contributed by atoms with Crippen LogP contribution in [0.25, 0.3) is 60.8 Å². The van der Waals surface area contributed by atoms with Gasteiger partial charge in [0, 0.05) is 27.7 Å². The highest BCUT2D eigenvalue weighted by Crippen LogP contribution is 2.55. The number of fused-ring (bicyclic) bond motifs is 7. The van der Waals surface area contributed by atoms with Gasteiger partial charge in [0.2, 0.25) is 0 Å². The zero-order chi connectivity index (χ0) is 43.0. The number of para-hydroxylation sites is 1. The predicted molar refractivity (Wildman–Crippen MR) is 268 cm³/mol. The second-order valence-corrected chi connectivity index (χ2v) is 19.2. The minimum absolute atomic E-state index is 0.0134. The molecule has 1 aromatic heterocycles. The minimum atomic E-state index is 0.0134. The molecule has 64 heavy (non-hydrogen) atoms. The SMILES string of the molecule is CC1(CCC(c2ccc3ccccc3c2)c2ccc(-c3ccc(C4=C(c5ccccc5)NC5C=CC=CC5N4)cc3)c3c2oc2ccccc23)C=CC2=C(C1)c1ccccc1C2(C)C. The summed E-state index contributed by atoms with van der Waals surface area (Å²) in [7, 11) is 0. The number of hydrogen-bond acceptors (Lipinski definition) is 3. The molecule has 4 atom stereocenters. The molecule has 7 aromatic carbocycles. The van der Waals surface area contributed by atoms with E-state index in [-0.39, 0.29) is 28.8 Å². The predicted octanol–water partition coefficient (Wildman–Crippen LogP) is 14.9. The third-order valence-electron chi connectivity index (χ3n) is 14.8. The highest BCUT2D eigenvalue weighted by atomic mass is 16.3. The van der Waals surface area contributed by atoms with E-state index in [0.29, 0.717) is 0 Å². The lowest BCUT2D eigenvalue weighted by molar-refractivity contribution is 0.374. The van der Waals surface area contributed by atoms with Crippen molar-refractivity contribution in [3.05, 3.63) is 233 Å². The van der Waals surface area contributed by atoms with Gasteiger partial charge < -0.3 is 15.1 Å². The molecule has 0 fully saturated rings. The molecule has 2 heterocycles. The Hall–Kier alpha value is -7.10. The maximum absolute atomic E-state index is 7.04. The number of rotatable bonds is 8. The van der Waals surface area contributed by atoms with Crippen molar-refractivity contribution in [1.29, 1.82) is 0 Å². The molecule has 0 bridgehead atoms. The smallest absolute Gasteiger partial charge is 0.139 e. The van der Waals surface area contributed by atoms with Crippen molar-refractivity contribution in [3.8, 4) is 11.1 Å². The number of furan rings is 1. The van der Waals surface area contributed by atoms with Gasteiger partial charge >= 0.3 is 0 Å². The summed E-state index contributed by atoms with van der Waals surface area (Å²) in [5.41, 5.74) is 17.3. The number of hydrogen-bond donors (Lipinski definition) is 2. The lowest BCUT2D eigenvalue weighted by Gasteiger charge is -2.36. The van der Waals surface area contributed by atoms with Crippen molar-refractivity contribution in [1.82, 2.24) is 10.6 Å². The average molecular weight is 829 g/mol. The molecule has 0 saturated carbocycles. The molecule has 1 aliphatic heterocycles. The lowest BCUT2D eigenvalue weighted by Crippen LogP contribution is -2.50. The minimum Gasteiger partial charge on any atom is -0.456 e.